The summed E-state index contributed by atoms with van der Waals surface area (Å²) < 4.78 is 17.6. The van der Waals surface area contributed by atoms with E-state index in [2.05, 4.69) is 4.74 Å². The molecule has 0 atom stereocenters. The van der Waals surface area contributed by atoms with Crippen molar-refractivity contribution in [1.29, 1.82) is 0 Å². The van der Waals surface area contributed by atoms with Crippen LogP contribution in [0.2, 0.25) is 0 Å². The summed E-state index contributed by atoms with van der Waals surface area (Å²) >= 11 is 0. The number of phenolic OH excluding ortho intramolecular Hbond substituents is 1. The van der Waals surface area contributed by atoms with E-state index in [9.17, 15) is 19.4 Å². The van der Waals surface area contributed by atoms with Crippen LogP contribution in [-0.2, 0) is 11.3 Å². The third kappa shape index (κ3) is 2.62. The summed E-state index contributed by atoms with van der Waals surface area (Å²) in [5.74, 6) is -1.30. The normalized spacial score (nSPS) is 10.3. The second-order valence-electron chi connectivity index (χ2n) is 4.18. The van der Waals surface area contributed by atoms with Crippen molar-refractivity contribution in [2.45, 2.75) is 6.61 Å². The van der Waals surface area contributed by atoms with E-state index in [1.165, 1.54) is 31.4 Å². The molecule has 0 aliphatic rings. The fourth-order valence-electron chi connectivity index (χ4n) is 1.96. The van der Waals surface area contributed by atoms with Crippen molar-refractivity contribution >= 4 is 5.97 Å². The monoisotopic (exact) mass is 276 g/mol. The summed E-state index contributed by atoms with van der Waals surface area (Å²) in [6.45, 7) is -0.322. The molecule has 0 saturated heterocycles. The molecule has 0 radical (unpaired) electrons. The standard InChI is InChI=1S/C15H13FO4/c1-20-15(19)9-2-4-12(10(6-9)8-17)13-5-3-11(16)7-14(13)18/h2-7,17-18H,8H2,1H3. The molecule has 0 aliphatic carbocycles. The summed E-state index contributed by atoms with van der Waals surface area (Å²) in [6, 6.07) is 8.18. The summed E-state index contributed by atoms with van der Waals surface area (Å²) in [5, 5.41) is 19.2. The van der Waals surface area contributed by atoms with Gasteiger partial charge in [-0.05, 0) is 35.4 Å². The number of halogens is 1. The minimum atomic E-state index is -0.553. The Morgan fingerprint density at radius 3 is 2.50 bits per heavy atom. The lowest BCUT2D eigenvalue weighted by atomic mass is 9.97. The van der Waals surface area contributed by atoms with Gasteiger partial charge >= 0.3 is 5.97 Å². The van der Waals surface area contributed by atoms with Gasteiger partial charge in [0, 0.05) is 11.6 Å². The van der Waals surface area contributed by atoms with Gasteiger partial charge in [-0.1, -0.05) is 6.07 Å². The van der Waals surface area contributed by atoms with Gasteiger partial charge in [0.1, 0.15) is 11.6 Å². The fraction of sp³-hybridized carbons (Fsp3) is 0.133. The molecule has 4 nitrogen and oxygen atoms in total. The molecule has 0 spiro atoms. The highest BCUT2D eigenvalue weighted by atomic mass is 19.1. The van der Waals surface area contributed by atoms with Crippen LogP contribution in [0.5, 0.6) is 5.75 Å². The van der Waals surface area contributed by atoms with Crippen LogP contribution in [0.25, 0.3) is 11.1 Å². The van der Waals surface area contributed by atoms with Gasteiger partial charge in [0.15, 0.2) is 0 Å². The number of carbonyl (C=O) groups excluding carboxylic acids is 1. The maximum atomic E-state index is 13.0. The van der Waals surface area contributed by atoms with Gasteiger partial charge in [-0.3, -0.25) is 0 Å². The number of benzene rings is 2. The minimum absolute atomic E-state index is 0.231. The van der Waals surface area contributed by atoms with Crippen LogP contribution in [0.15, 0.2) is 36.4 Å². The second kappa shape index (κ2) is 5.71. The predicted octanol–water partition coefficient (Wildman–Crippen LogP) is 2.48. The molecule has 0 amide bonds. The van der Waals surface area contributed by atoms with Crippen LogP contribution in [0, 0.1) is 5.82 Å². The fourth-order valence-corrected chi connectivity index (χ4v) is 1.96. The molecule has 2 aromatic rings. The quantitative estimate of drug-likeness (QED) is 0.845. The van der Waals surface area contributed by atoms with Crippen LogP contribution in [-0.4, -0.2) is 23.3 Å². The van der Waals surface area contributed by atoms with E-state index >= 15 is 0 Å². The molecule has 0 aromatic heterocycles. The lowest BCUT2D eigenvalue weighted by Gasteiger charge is -2.11. The Labute approximate surface area is 115 Å². The van der Waals surface area contributed by atoms with Gasteiger partial charge in [0.25, 0.3) is 0 Å². The molecule has 0 bridgehead atoms. The van der Waals surface area contributed by atoms with Crippen molar-refractivity contribution in [3.8, 4) is 16.9 Å². The van der Waals surface area contributed by atoms with Crippen molar-refractivity contribution in [3.63, 3.8) is 0 Å². The molecule has 2 aromatic carbocycles. The molecular formula is C15H13FO4. The zero-order valence-electron chi connectivity index (χ0n) is 10.8. The van der Waals surface area contributed by atoms with Crippen LogP contribution in [0.1, 0.15) is 15.9 Å². The third-order valence-corrected chi connectivity index (χ3v) is 2.95. The molecule has 2 N–H and O–H groups in total. The van der Waals surface area contributed by atoms with Crippen LogP contribution in [0.3, 0.4) is 0 Å². The van der Waals surface area contributed by atoms with Crippen molar-refractivity contribution in [2.75, 3.05) is 7.11 Å². The van der Waals surface area contributed by atoms with Crippen LogP contribution in [0.4, 0.5) is 4.39 Å². The Hall–Kier alpha value is -2.40. The van der Waals surface area contributed by atoms with Crippen molar-refractivity contribution in [3.05, 3.63) is 53.3 Å². The summed E-state index contributed by atoms with van der Waals surface area (Å²) in [7, 11) is 1.26. The van der Waals surface area contributed by atoms with E-state index < -0.39 is 11.8 Å². The van der Waals surface area contributed by atoms with Gasteiger partial charge in [-0.25, -0.2) is 9.18 Å². The lowest BCUT2D eigenvalue weighted by Crippen LogP contribution is -2.03. The maximum Gasteiger partial charge on any atom is 0.337 e. The van der Waals surface area contributed by atoms with E-state index in [0.29, 0.717) is 22.3 Å². The van der Waals surface area contributed by atoms with Crippen LogP contribution >= 0.6 is 0 Å². The van der Waals surface area contributed by atoms with Crippen LogP contribution < -0.4 is 0 Å². The lowest BCUT2D eigenvalue weighted by molar-refractivity contribution is 0.0600. The number of rotatable bonds is 3. The zero-order chi connectivity index (χ0) is 14.7. The zero-order valence-corrected chi connectivity index (χ0v) is 10.8. The van der Waals surface area contributed by atoms with Gasteiger partial charge in [-0.15, -0.1) is 0 Å². The van der Waals surface area contributed by atoms with E-state index in [1.54, 1.807) is 6.07 Å². The summed E-state index contributed by atoms with van der Waals surface area (Å²) in [6.07, 6.45) is 0. The smallest absolute Gasteiger partial charge is 0.337 e. The third-order valence-electron chi connectivity index (χ3n) is 2.95. The largest absolute Gasteiger partial charge is 0.507 e. The Balaban J connectivity index is 2.54. The first kappa shape index (κ1) is 14.0. The molecule has 5 heteroatoms. The molecule has 0 fully saturated rings. The summed E-state index contributed by atoms with van der Waals surface area (Å²) in [5.41, 5.74) is 1.64. The number of methoxy groups -OCH3 is 1. The van der Waals surface area contributed by atoms with Gasteiger partial charge in [0.05, 0.1) is 19.3 Å². The van der Waals surface area contributed by atoms with E-state index in [1.807, 2.05) is 0 Å². The van der Waals surface area contributed by atoms with E-state index in [-0.39, 0.29) is 12.4 Å². The number of ether oxygens (including phenoxy) is 1. The summed E-state index contributed by atoms with van der Waals surface area (Å²) in [4.78, 5) is 11.4. The highest BCUT2D eigenvalue weighted by molar-refractivity contribution is 5.90. The number of carbonyl (C=O) groups is 1. The number of aliphatic hydroxyl groups excluding tert-OH is 1. The Kier molecular flexibility index (Phi) is 4.00. The number of hydrogen-bond donors (Lipinski definition) is 2. The SMILES string of the molecule is COC(=O)c1ccc(-c2ccc(F)cc2O)c(CO)c1. The Morgan fingerprint density at radius 2 is 1.90 bits per heavy atom. The first-order valence-corrected chi connectivity index (χ1v) is 5.87. The van der Waals surface area contributed by atoms with Gasteiger partial charge < -0.3 is 14.9 Å². The van der Waals surface area contributed by atoms with Gasteiger partial charge in [0.2, 0.25) is 0 Å². The molecule has 0 heterocycles. The average Bonchev–Trinajstić information content (AvgIpc) is 2.46. The number of hydrogen-bond acceptors (Lipinski definition) is 4. The minimum Gasteiger partial charge on any atom is -0.507 e. The number of phenols is 1. The maximum absolute atomic E-state index is 13.0. The Morgan fingerprint density at radius 1 is 1.20 bits per heavy atom. The molecule has 0 unspecified atom stereocenters. The number of esters is 1. The first-order chi connectivity index (χ1) is 9.56. The number of aliphatic hydroxyl groups is 1. The predicted molar refractivity (Wildman–Crippen MR) is 70.8 cm³/mol. The van der Waals surface area contributed by atoms with Crippen molar-refractivity contribution < 1.29 is 24.1 Å². The topological polar surface area (TPSA) is 66.8 Å². The van der Waals surface area contributed by atoms with Crippen molar-refractivity contribution in [2.24, 2.45) is 0 Å². The van der Waals surface area contributed by atoms with Crippen molar-refractivity contribution in [1.82, 2.24) is 0 Å². The molecule has 0 aliphatic heterocycles. The molecule has 2 rings (SSSR count). The molecular weight excluding hydrogens is 263 g/mol. The van der Waals surface area contributed by atoms with Gasteiger partial charge in [-0.2, -0.15) is 0 Å². The van der Waals surface area contributed by atoms with E-state index in [0.717, 1.165) is 6.07 Å². The van der Waals surface area contributed by atoms with E-state index in [4.69, 9.17) is 0 Å². The highest BCUT2D eigenvalue weighted by Gasteiger charge is 2.13. The molecule has 20 heavy (non-hydrogen) atoms. The highest BCUT2D eigenvalue weighted by Crippen LogP contribution is 2.32. The number of aromatic hydroxyl groups is 1. The first-order valence-electron chi connectivity index (χ1n) is 5.87. The average molecular weight is 276 g/mol. The molecule has 0 saturated carbocycles. The second-order valence-corrected chi connectivity index (χ2v) is 4.18. The molecule has 104 valence electrons. The Bertz CT molecular complexity index is 652.